The lowest BCUT2D eigenvalue weighted by molar-refractivity contribution is 0.177. The van der Waals surface area contributed by atoms with Crippen LogP contribution in [-0.2, 0) is 0 Å². The summed E-state index contributed by atoms with van der Waals surface area (Å²) in [5, 5.41) is 12.0. The molecule has 0 saturated heterocycles. The van der Waals surface area contributed by atoms with E-state index in [4.69, 9.17) is 0 Å². The van der Waals surface area contributed by atoms with Gasteiger partial charge in [0.15, 0.2) is 0 Å². The zero-order valence-electron chi connectivity index (χ0n) is 13.1. The highest BCUT2D eigenvalue weighted by molar-refractivity contribution is 5.49. The number of aromatic nitrogens is 3. The van der Waals surface area contributed by atoms with Crippen LogP contribution in [0, 0.1) is 11.3 Å². The van der Waals surface area contributed by atoms with Crippen molar-refractivity contribution in [3.8, 4) is 5.69 Å². The van der Waals surface area contributed by atoms with Crippen molar-refractivity contribution >= 4 is 5.69 Å². The lowest BCUT2D eigenvalue weighted by atomic mass is 9.70. The smallest absolute Gasteiger partial charge is 0.0858 e. The minimum absolute atomic E-state index is 0.493. The van der Waals surface area contributed by atoms with Crippen LogP contribution in [0.4, 0.5) is 5.69 Å². The van der Waals surface area contributed by atoms with Gasteiger partial charge in [0, 0.05) is 11.7 Å². The zero-order valence-corrected chi connectivity index (χ0v) is 13.1. The van der Waals surface area contributed by atoms with Crippen LogP contribution in [0.25, 0.3) is 5.69 Å². The Morgan fingerprint density at radius 2 is 1.81 bits per heavy atom. The van der Waals surface area contributed by atoms with Crippen molar-refractivity contribution < 1.29 is 0 Å². The fourth-order valence-electron chi connectivity index (χ4n) is 3.42. The van der Waals surface area contributed by atoms with Crippen molar-refractivity contribution in [2.75, 3.05) is 5.32 Å². The third-order valence-corrected chi connectivity index (χ3v) is 4.56. The Labute approximate surface area is 126 Å². The van der Waals surface area contributed by atoms with Gasteiger partial charge in [-0.15, -0.1) is 0 Å². The summed E-state index contributed by atoms with van der Waals surface area (Å²) in [5.74, 6) is 0.709. The lowest BCUT2D eigenvalue weighted by Crippen LogP contribution is -2.36. The first-order valence-electron chi connectivity index (χ1n) is 7.77. The number of benzene rings is 1. The molecule has 0 bridgehead atoms. The molecule has 2 unspecified atom stereocenters. The molecule has 4 nitrogen and oxygen atoms in total. The molecule has 4 heteroatoms. The van der Waals surface area contributed by atoms with E-state index >= 15 is 0 Å². The van der Waals surface area contributed by atoms with Gasteiger partial charge in [0.05, 0.1) is 18.1 Å². The molecule has 1 aromatic heterocycles. The average molecular weight is 284 g/mol. The summed E-state index contributed by atoms with van der Waals surface area (Å²) in [5.41, 5.74) is 2.67. The number of rotatable bonds is 3. The maximum atomic E-state index is 4.14. The van der Waals surface area contributed by atoms with E-state index in [9.17, 15) is 0 Å². The Kier molecular flexibility index (Phi) is 3.70. The van der Waals surface area contributed by atoms with Gasteiger partial charge in [-0.05, 0) is 54.9 Å². The molecule has 21 heavy (non-hydrogen) atoms. The van der Waals surface area contributed by atoms with Crippen LogP contribution in [0.15, 0.2) is 36.7 Å². The summed E-state index contributed by atoms with van der Waals surface area (Å²) in [6.45, 7) is 7.12. The molecule has 0 amide bonds. The molecule has 1 saturated carbocycles. The fourth-order valence-corrected chi connectivity index (χ4v) is 3.42. The number of anilines is 1. The van der Waals surface area contributed by atoms with Gasteiger partial charge in [0.25, 0.3) is 0 Å². The summed E-state index contributed by atoms with van der Waals surface area (Å²) in [6, 6.07) is 8.92. The Bertz CT molecular complexity index is 571. The van der Waals surface area contributed by atoms with E-state index in [-0.39, 0.29) is 0 Å². The number of nitrogens with one attached hydrogen (secondary N) is 1. The molecule has 1 heterocycles. The molecule has 0 spiro atoms. The molecule has 1 N–H and O–H groups in total. The highest BCUT2D eigenvalue weighted by Gasteiger charge is 2.32. The first kappa shape index (κ1) is 14.1. The second kappa shape index (κ2) is 5.51. The quantitative estimate of drug-likeness (QED) is 0.929. The van der Waals surface area contributed by atoms with Crippen LogP contribution < -0.4 is 5.32 Å². The summed E-state index contributed by atoms with van der Waals surface area (Å²) in [4.78, 5) is 1.63. The maximum Gasteiger partial charge on any atom is 0.0858 e. The summed E-state index contributed by atoms with van der Waals surface area (Å²) in [7, 11) is 0. The monoisotopic (exact) mass is 284 g/mol. The van der Waals surface area contributed by atoms with Crippen molar-refractivity contribution in [1.29, 1.82) is 0 Å². The van der Waals surface area contributed by atoms with Crippen LogP contribution in [0.1, 0.15) is 40.0 Å². The van der Waals surface area contributed by atoms with Crippen molar-refractivity contribution in [2.24, 2.45) is 11.3 Å². The predicted octanol–water partition coefficient (Wildman–Crippen LogP) is 3.89. The van der Waals surface area contributed by atoms with Crippen LogP contribution in [0.3, 0.4) is 0 Å². The molecule has 2 aromatic rings. The summed E-state index contributed by atoms with van der Waals surface area (Å²) < 4.78 is 0. The highest BCUT2D eigenvalue weighted by atomic mass is 15.5. The van der Waals surface area contributed by atoms with E-state index in [1.54, 1.807) is 17.2 Å². The van der Waals surface area contributed by atoms with Gasteiger partial charge in [-0.1, -0.05) is 20.8 Å². The van der Waals surface area contributed by atoms with Gasteiger partial charge in [0.1, 0.15) is 0 Å². The highest BCUT2D eigenvalue weighted by Crippen LogP contribution is 2.39. The number of hydrogen-bond donors (Lipinski definition) is 1. The fraction of sp³-hybridized carbons (Fsp3) is 0.529. The van der Waals surface area contributed by atoms with Crippen molar-refractivity contribution in [3.05, 3.63) is 36.7 Å². The van der Waals surface area contributed by atoms with Gasteiger partial charge in [-0.2, -0.15) is 15.0 Å². The predicted molar refractivity (Wildman–Crippen MR) is 85.6 cm³/mol. The second-order valence-corrected chi connectivity index (χ2v) is 7.00. The Morgan fingerprint density at radius 3 is 2.43 bits per heavy atom. The Balaban J connectivity index is 1.66. The van der Waals surface area contributed by atoms with Crippen LogP contribution >= 0.6 is 0 Å². The van der Waals surface area contributed by atoms with E-state index in [0.29, 0.717) is 17.4 Å². The molecule has 1 aromatic carbocycles. The molecular formula is C17H24N4. The van der Waals surface area contributed by atoms with E-state index in [1.807, 2.05) is 0 Å². The van der Waals surface area contributed by atoms with Gasteiger partial charge >= 0.3 is 0 Å². The van der Waals surface area contributed by atoms with E-state index in [1.165, 1.54) is 24.9 Å². The Morgan fingerprint density at radius 1 is 1.14 bits per heavy atom. The molecule has 1 aliphatic carbocycles. The molecule has 3 rings (SSSR count). The number of hydrogen-bond acceptors (Lipinski definition) is 3. The van der Waals surface area contributed by atoms with Crippen molar-refractivity contribution in [3.63, 3.8) is 0 Å². The topological polar surface area (TPSA) is 42.7 Å². The van der Waals surface area contributed by atoms with Crippen LogP contribution in [0.5, 0.6) is 0 Å². The average Bonchev–Trinajstić information content (AvgIpc) is 2.96. The first-order valence-corrected chi connectivity index (χ1v) is 7.77. The van der Waals surface area contributed by atoms with E-state index in [0.717, 1.165) is 5.69 Å². The van der Waals surface area contributed by atoms with Gasteiger partial charge in [0.2, 0.25) is 0 Å². The minimum atomic E-state index is 0.493. The van der Waals surface area contributed by atoms with Gasteiger partial charge < -0.3 is 5.32 Å². The van der Waals surface area contributed by atoms with Crippen molar-refractivity contribution in [2.45, 2.75) is 46.1 Å². The molecule has 112 valence electrons. The van der Waals surface area contributed by atoms with E-state index < -0.39 is 0 Å². The maximum absolute atomic E-state index is 4.14. The molecular weight excluding hydrogens is 260 g/mol. The minimum Gasteiger partial charge on any atom is -0.382 e. The molecule has 1 aliphatic rings. The Hall–Kier alpha value is -1.84. The van der Waals surface area contributed by atoms with Gasteiger partial charge in [-0.25, -0.2) is 0 Å². The van der Waals surface area contributed by atoms with Crippen LogP contribution in [0.2, 0.25) is 0 Å². The molecule has 0 aliphatic heterocycles. The van der Waals surface area contributed by atoms with Crippen LogP contribution in [-0.4, -0.2) is 21.0 Å². The summed E-state index contributed by atoms with van der Waals surface area (Å²) >= 11 is 0. The standard InChI is InChI=1S/C17H24N4/c1-13-12-17(2,3)9-8-16(13)20-14-4-6-15(7-5-14)21-18-10-11-19-21/h4-7,10-11,13,16,20H,8-9,12H2,1-3H3. The third kappa shape index (κ3) is 3.26. The number of nitrogens with zero attached hydrogens (tertiary/aromatic N) is 3. The normalized spacial score (nSPS) is 24.7. The second-order valence-electron chi connectivity index (χ2n) is 7.00. The molecule has 1 fully saturated rings. The molecule has 0 radical (unpaired) electrons. The summed E-state index contributed by atoms with van der Waals surface area (Å²) in [6.07, 6.45) is 7.22. The lowest BCUT2D eigenvalue weighted by Gasteiger charge is -2.40. The van der Waals surface area contributed by atoms with E-state index in [2.05, 4.69) is 60.6 Å². The molecule has 2 atom stereocenters. The SMILES string of the molecule is CC1CC(C)(C)CCC1Nc1ccc(-n2nccn2)cc1. The zero-order chi connectivity index (χ0) is 14.9. The van der Waals surface area contributed by atoms with Gasteiger partial charge in [-0.3, -0.25) is 0 Å². The van der Waals surface area contributed by atoms with Crippen molar-refractivity contribution in [1.82, 2.24) is 15.0 Å². The third-order valence-electron chi connectivity index (χ3n) is 4.56. The first-order chi connectivity index (χ1) is 10.0. The largest absolute Gasteiger partial charge is 0.382 e.